The van der Waals surface area contributed by atoms with Crippen molar-refractivity contribution in [3.8, 4) is 0 Å². The monoisotopic (exact) mass is 249 g/mol. The number of carbonyl (C=O) groups is 1. The number of nitrogens with one attached hydrogen (secondary N) is 3. The number of hydrogen-bond acceptors (Lipinski definition) is 4. The van der Waals surface area contributed by atoms with Gasteiger partial charge in [-0.2, -0.15) is 0 Å². The molecule has 0 radical (unpaired) electrons. The Hall–Kier alpha value is -1.69. The predicted molar refractivity (Wildman–Crippen MR) is 69.4 cm³/mol. The zero-order valence-electron chi connectivity index (χ0n) is 10.6. The molecule has 1 saturated heterocycles. The number of hydrogen-bond donors (Lipinski definition) is 3. The number of urea groups is 1. The van der Waals surface area contributed by atoms with Crippen LogP contribution in [0.4, 0.5) is 10.5 Å². The lowest BCUT2D eigenvalue weighted by Crippen LogP contribution is -2.39. The van der Waals surface area contributed by atoms with Crippen molar-refractivity contribution in [2.24, 2.45) is 5.92 Å². The molecule has 0 saturated carbocycles. The first-order valence-corrected chi connectivity index (χ1v) is 6.28. The molecule has 0 bridgehead atoms. The fourth-order valence-electron chi connectivity index (χ4n) is 1.97. The summed E-state index contributed by atoms with van der Waals surface area (Å²) < 4.78 is 0. The molecule has 6 heteroatoms. The van der Waals surface area contributed by atoms with E-state index < -0.39 is 0 Å². The highest BCUT2D eigenvalue weighted by Crippen LogP contribution is 2.08. The van der Waals surface area contributed by atoms with E-state index in [0.717, 1.165) is 13.1 Å². The third kappa shape index (κ3) is 3.96. The van der Waals surface area contributed by atoms with Gasteiger partial charge in [-0.1, -0.05) is 0 Å². The zero-order valence-corrected chi connectivity index (χ0v) is 10.6. The maximum Gasteiger partial charge on any atom is 0.319 e. The Balaban J connectivity index is 1.73. The number of carbonyl (C=O) groups excluding carboxylic acids is 1. The summed E-state index contributed by atoms with van der Waals surface area (Å²) in [6, 6.07) is -0.201. The minimum atomic E-state index is -0.201. The topological polar surface area (TPSA) is 78.9 Å². The van der Waals surface area contributed by atoms with E-state index in [0.29, 0.717) is 24.0 Å². The lowest BCUT2D eigenvalue weighted by molar-refractivity contribution is 0.248. The minimum absolute atomic E-state index is 0.201. The third-order valence-corrected chi connectivity index (χ3v) is 2.99. The number of amides is 2. The Labute approximate surface area is 107 Å². The Morgan fingerprint density at radius 3 is 2.94 bits per heavy atom. The molecule has 1 atom stereocenters. The van der Waals surface area contributed by atoms with E-state index in [-0.39, 0.29) is 6.03 Å². The van der Waals surface area contributed by atoms with Gasteiger partial charge in [-0.05, 0) is 38.8 Å². The summed E-state index contributed by atoms with van der Waals surface area (Å²) in [7, 11) is 0. The highest BCUT2D eigenvalue weighted by Gasteiger charge is 2.13. The molecule has 1 fully saturated rings. The van der Waals surface area contributed by atoms with Crippen LogP contribution in [0.2, 0.25) is 0 Å². The van der Waals surface area contributed by atoms with Crippen molar-refractivity contribution in [2.45, 2.75) is 19.8 Å². The number of anilines is 1. The van der Waals surface area contributed by atoms with Crippen LogP contribution in [0, 0.1) is 12.8 Å². The van der Waals surface area contributed by atoms with Crippen LogP contribution in [-0.2, 0) is 0 Å². The Bertz CT molecular complexity index is 386. The van der Waals surface area contributed by atoms with Crippen molar-refractivity contribution in [1.29, 1.82) is 0 Å². The number of piperidine rings is 1. The standard InChI is InChI=1S/C12H19N5O/c1-9-14-7-11(8-15-9)17-12(18)16-6-10-3-2-4-13-5-10/h7-8,10,13H,2-6H2,1H3,(H2,16,17,18). The van der Waals surface area contributed by atoms with Crippen LogP contribution in [0.1, 0.15) is 18.7 Å². The fraction of sp³-hybridized carbons (Fsp3) is 0.583. The Morgan fingerprint density at radius 2 is 2.28 bits per heavy atom. The number of nitrogens with zero attached hydrogens (tertiary/aromatic N) is 2. The molecule has 2 amide bonds. The summed E-state index contributed by atoms with van der Waals surface area (Å²) in [4.78, 5) is 19.7. The van der Waals surface area contributed by atoms with E-state index in [1.54, 1.807) is 19.3 Å². The second kappa shape index (κ2) is 6.30. The summed E-state index contributed by atoms with van der Waals surface area (Å²) in [6.07, 6.45) is 5.55. The van der Waals surface area contributed by atoms with E-state index in [1.165, 1.54) is 12.8 Å². The predicted octanol–water partition coefficient (Wildman–Crippen LogP) is 0.906. The second-order valence-corrected chi connectivity index (χ2v) is 4.57. The molecule has 0 spiro atoms. The summed E-state index contributed by atoms with van der Waals surface area (Å²) in [5, 5.41) is 8.91. The van der Waals surface area contributed by atoms with Crippen molar-refractivity contribution < 1.29 is 4.79 Å². The Morgan fingerprint density at radius 1 is 1.50 bits per heavy atom. The van der Waals surface area contributed by atoms with E-state index in [2.05, 4.69) is 25.9 Å². The average molecular weight is 249 g/mol. The fourth-order valence-corrected chi connectivity index (χ4v) is 1.97. The zero-order chi connectivity index (χ0) is 12.8. The molecule has 6 nitrogen and oxygen atoms in total. The van der Waals surface area contributed by atoms with E-state index in [4.69, 9.17) is 0 Å². The van der Waals surface area contributed by atoms with Crippen LogP contribution in [0.5, 0.6) is 0 Å². The lowest BCUT2D eigenvalue weighted by Gasteiger charge is -2.22. The van der Waals surface area contributed by atoms with Gasteiger partial charge in [0.2, 0.25) is 0 Å². The molecule has 2 rings (SSSR count). The highest BCUT2D eigenvalue weighted by molar-refractivity contribution is 5.88. The van der Waals surface area contributed by atoms with Gasteiger partial charge < -0.3 is 16.0 Å². The maximum absolute atomic E-state index is 11.6. The molecule has 1 aromatic rings. The van der Waals surface area contributed by atoms with E-state index in [1.807, 2.05) is 0 Å². The number of rotatable bonds is 3. The normalized spacial score (nSPS) is 19.3. The van der Waals surface area contributed by atoms with Gasteiger partial charge in [0.1, 0.15) is 5.82 Å². The molecular weight excluding hydrogens is 230 g/mol. The first kappa shape index (κ1) is 12.8. The van der Waals surface area contributed by atoms with Crippen molar-refractivity contribution >= 4 is 11.7 Å². The largest absolute Gasteiger partial charge is 0.338 e. The molecule has 1 aliphatic rings. The number of aromatic nitrogens is 2. The highest BCUT2D eigenvalue weighted by atomic mass is 16.2. The Kier molecular flexibility index (Phi) is 4.46. The third-order valence-electron chi connectivity index (χ3n) is 2.99. The van der Waals surface area contributed by atoms with Crippen LogP contribution < -0.4 is 16.0 Å². The maximum atomic E-state index is 11.6. The van der Waals surface area contributed by atoms with Gasteiger partial charge in [0, 0.05) is 6.54 Å². The van der Waals surface area contributed by atoms with Crippen LogP contribution in [0.15, 0.2) is 12.4 Å². The summed E-state index contributed by atoms with van der Waals surface area (Å²) in [5.41, 5.74) is 0.611. The molecule has 98 valence electrons. The first-order valence-electron chi connectivity index (χ1n) is 6.28. The van der Waals surface area contributed by atoms with Crippen molar-refractivity contribution in [3.63, 3.8) is 0 Å². The van der Waals surface area contributed by atoms with Gasteiger partial charge in [-0.3, -0.25) is 0 Å². The lowest BCUT2D eigenvalue weighted by atomic mass is 10.00. The summed E-state index contributed by atoms with van der Waals surface area (Å²) in [6.45, 7) is 4.57. The molecule has 1 aromatic heterocycles. The van der Waals surface area contributed by atoms with Crippen molar-refractivity contribution in [1.82, 2.24) is 20.6 Å². The van der Waals surface area contributed by atoms with Gasteiger partial charge in [-0.15, -0.1) is 0 Å². The van der Waals surface area contributed by atoms with E-state index in [9.17, 15) is 4.79 Å². The second-order valence-electron chi connectivity index (χ2n) is 4.57. The minimum Gasteiger partial charge on any atom is -0.338 e. The van der Waals surface area contributed by atoms with Gasteiger partial charge in [0.05, 0.1) is 18.1 Å². The van der Waals surface area contributed by atoms with E-state index >= 15 is 0 Å². The van der Waals surface area contributed by atoms with Gasteiger partial charge in [0.15, 0.2) is 0 Å². The van der Waals surface area contributed by atoms with Gasteiger partial charge >= 0.3 is 6.03 Å². The summed E-state index contributed by atoms with van der Waals surface area (Å²) >= 11 is 0. The molecule has 0 aromatic carbocycles. The molecule has 0 aliphatic carbocycles. The molecule has 3 N–H and O–H groups in total. The molecule has 18 heavy (non-hydrogen) atoms. The van der Waals surface area contributed by atoms with Crippen LogP contribution >= 0.6 is 0 Å². The smallest absolute Gasteiger partial charge is 0.319 e. The molecule has 1 unspecified atom stereocenters. The average Bonchev–Trinajstić information content (AvgIpc) is 2.40. The molecular formula is C12H19N5O. The quantitative estimate of drug-likeness (QED) is 0.744. The molecule has 2 heterocycles. The van der Waals surface area contributed by atoms with Crippen LogP contribution in [0.3, 0.4) is 0 Å². The van der Waals surface area contributed by atoms with Crippen molar-refractivity contribution in [2.75, 3.05) is 25.0 Å². The summed E-state index contributed by atoms with van der Waals surface area (Å²) in [5.74, 6) is 1.22. The van der Waals surface area contributed by atoms with Crippen LogP contribution in [0.25, 0.3) is 0 Å². The molecule has 1 aliphatic heterocycles. The van der Waals surface area contributed by atoms with Crippen LogP contribution in [-0.4, -0.2) is 35.6 Å². The van der Waals surface area contributed by atoms with Gasteiger partial charge in [-0.25, -0.2) is 14.8 Å². The first-order chi connectivity index (χ1) is 8.74. The van der Waals surface area contributed by atoms with Crippen molar-refractivity contribution in [3.05, 3.63) is 18.2 Å². The number of aryl methyl sites for hydroxylation is 1. The van der Waals surface area contributed by atoms with Gasteiger partial charge in [0.25, 0.3) is 0 Å². The SMILES string of the molecule is Cc1ncc(NC(=O)NCC2CCCNC2)cn1.